The number of rotatable bonds is 4. The molecule has 0 amide bonds. The Morgan fingerprint density at radius 2 is 1.00 bits per heavy atom. The normalized spacial score (nSPS) is 10.4. The molecule has 0 aliphatic rings. The van der Waals surface area contributed by atoms with Gasteiger partial charge in [-0.15, -0.1) is 0 Å². The van der Waals surface area contributed by atoms with Crippen LogP contribution in [0.1, 0.15) is 31.8 Å². The van der Waals surface area contributed by atoms with Crippen molar-refractivity contribution in [2.45, 2.75) is 6.92 Å². The SMILES string of the molecule is Cc1ccc(-c2ccc(C(=O)c3ccc(C(=O)O)cc3)cc2)cc1. The Hall–Kier alpha value is -3.20. The van der Waals surface area contributed by atoms with Crippen molar-refractivity contribution in [2.24, 2.45) is 0 Å². The van der Waals surface area contributed by atoms with E-state index in [9.17, 15) is 9.59 Å². The summed E-state index contributed by atoms with van der Waals surface area (Å²) >= 11 is 0. The fourth-order valence-corrected chi connectivity index (χ4v) is 2.49. The molecule has 0 heterocycles. The molecule has 0 aliphatic heterocycles. The summed E-state index contributed by atoms with van der Waals surface area (Å²) in [4.78, 5) is 23.3. The molecule has 0 bridgehead atoms. The standard InChI is InChI=1S/C21H16O3/c1-14-2-4-15(5-3-14)16-6-8-17(9-7-16)20(22)18-10-12-19(13-11-18)21(23)24/h2-13H,1H3,(H,23,24). The van der Waals surface area contributed by atoms with Crippen LogP contribution in [0.15, 0.2) is 72.8 Å². The quantitative estimate of drug-likeness (QED) is 0.716. The van der Waals surface area contributed by atoms with Gasteiger partial charge in [0, 0.05) is 11.1 Å². The Kier molecular flexibility index (Phi) is 4.25. The van der Waals surface area contributed by atoms with Gasteiger partial charge in [0.05, 0.1) is 5.56 Å². The first-order valence-corrected chi connectivity index (χ1v) is 7.60. The topological polar surface area (TPSA) is 54.4 Å². The maximum absolute atomic E-state index is 12.5. The van der Waals surface area contributed by atoms with Crippen LogP contribution in [0.25, 0.3) is 11.1 Å². The van der Waals surface area contributed by atoms with Gasteiger partial charge in [0.25, 0.3) is 0 Å². The van der Waals surface area contributed by atoms with Crippen LogP contribution in [0.2, 0.25) is 0 Å². The summed E-state index contributed by atoms with van der Waals surface area (Å²) < 4.78 is 0. The minimum Gasteiger partial charge on any atom is -0.478 e. The Balaban J connectivity index is 1.83. The van der Waals surface area contributed by atoms with Crippen molar-refractivity contribution in [1.82, 2.24) is 0 Å². The predicted molar refractivity (Wildman–Crippen MR) is 93.4 cm³/mol. The van der Waals surface area contributed by atoms with E-state index in [1.807, 2.05) is 19.1 Å². The molecule has 24 heavy (non-hydrogen) atoms. The summed E-state index contributed by atoms with van der Waals surface area (Å²) in [7, 11) is 0. The zero-order valence-corrected chi connectivity index (χ0v) is 13.2. The van der Waals surface area contributed by atoms with Crippen LogP contribution in [-0.2, 0) is 0 Å². The molecule has 0 atom stereocenters. The second-order valence-electron chi connectivity index (χ2n) is 5.66. The second kappa shape index (κ2) is 6.50. The number of carboxylic acids is 1. The molecule has 118 valence electrons. The van der Waals surface area contributed by atoms with Gasteiger partial charge in [-0.05, 0) is 30.2 Å². The third-order valence-corrected chi connectivity index (χ3v) is 3.93. The summed E-state index contributed by atoms with van der Waals surface area (Å²) in [6.45, 7) is 2.04. The first kappa shape index (κ1) is 15.7. The van der Waals surface area contributed by atoms with Gasteiger partial charge in [-0.3, -0.25) is 4.79 Å². The average molecular weight is 316 g/mol. The maximum Gasteiger partial charge on any atom is 0.335 e. The van der Waals surface area contributed by atoms with E-state index in [0.29, 0.717) is 11.1 Å². The van der Waals surface area contributed by atoms with E-state index in [1.54, 1.807) is 24.3 Å². The number of carbonyl (C=O) groups excluding carboxylic acids is 1. The van der Waals surface area contributed by atoms with Gasteiger partial charge in [0.2, 0.25) is 0 Å². The molecular weight excluding hydrogens is 300 g/mol. The lowest BCUT2D eigenvalue weighted by Crippen LogP contribution is -2.02. The predicted octanol–water partition coefficient (Wildman–Crippen LogP) is 4.59. The van der Waals surface area contributed by atoms with E-state index in [0.717, 1.165) is 11.1 Å². The summed E-state index contributed by atoms with van der Waals surface area (Å²) in [5.41, 5.74) is 4.58. The molecule has 0 saturated heterocycles. The highest BCUT2D eigenvalue weighted by molar-refractivity contribution is 6.09. The lowest BCUT2D eigenvalue weighted by molar-refractivity contribution is 0.0696. The van der Waals surface area contributed by atoms with Crippen molar-refractivity contribution >= 4 is 11.8 Å². The Morgan fingerprint density at radius 3 is 1.46 bits per heavy atom. The number of hydrogen-bond donors (Lipinski definition) is 1. The Morgan fingerprint density at radius 1 is 0.625 bits per heavy atom. The Labute approximate surface area is 140 Å². The highest BCUT2D eigenvalue weighted by Gasteiger charge is 2.10. The lowest BCUT2D eigenvalue weighted by atomic mass is 9.98. The van der Waals surface area contributed by atoms with Crippen molar-refractivity contribution in [1.29, 1.82) is 0 Å². The van der Waals surface area contributed by atoms with Crippen molar-refractivity contribution in [3.8, 4) is 11.1 Å². The van der Waals surface area contributed by atoms with E-state index in [2.05, 4.69) is 24.3 Å². The molecule has 0 fully saturated rings. The minimum atomic E-state index is -1.00. The van der Waals surface area contributed by atoms with Gasteiger partial charge >= 0.3 is 5.97 Å². The maximum atomic E-state index is 12.5. The van der Waals surface area contributed by atoms with Gasteiger partial charge in [0.1, 0.15) is 0 Å². The van der Waals surface area contributed by atoms with Crippen LogP contribution in [0, 0.1) is 6.92 Å². The van der Waals surface area contributed by atoms with Crippen molar-refractivity contribution in [3.05, 3.63) is 95.1 Å². The van der Waals surface area contributed by atoms with Crippen LogP contribution >= 0.6 is 0 Å². The number of carboxylic acid groups (broad SMARTS) is 1. The number of carbonyl (C=O) groups is 2. The summed E-state index contributed by atoms with van der Waals surface area (Å²) in [6, 6.07) is 21.6. The third kappa shape index (κ3) is 3.25. The smallest absolute Gasteiger partial charge is 0.335 e. The molecular formula is C21H16O3. The van der Waals surface area contributed by atoms with E-state index in [-0.39, 0.29) is 11.3 Å². The summed E-state index contributed by atoms with van der Waals surface area (Å²) in [6.07, 6.45) is 0. The zero-order chi connectivity index (χ0) is 17.1. The monoisotopic (exact) mass is 316 g/mol. The van der Waals surface area contributed by atoms with Gasteiger partial charge in [0.15, 0.2) is 5.78 Å². The number of aromatic carboxylic acids is 1. The van der Waals surface area contributed by atoms with E-state index >= 15 is 0 Å². The first-order valence-electron chi connectivity index (χ1n) is 7.60. The highest BCUT2D eigenvalue weighted by Crippen LogP contribution is 2.21. The summed E-state index contributed by atoms with van der Waals surface area (Å²) in [5, 5.41) is 8.90. The number of aryl methyl sites for hydroxylation is 1. The molecule has 3 heteroatoms. The molecule has 0 saturated carbocycles. The summed E-state index contributed by atoms with van der Waals surface area (Å²) in [5.74, 6) is -1.13. The molecule has 0 aromatic heterocycles. The molecule has 3 nitrogen and oxygen atoms in total. The lowest BCUT2D eigenvalue weighted by Gasteiger charge is -2.05. The minimum absolute atomic E-state index is 0.123. The van der Waals surface area contributed by atoms with Gasteiger partial charge in [-0.2, -0.15) is 0 Å². The van der Waals surface area contributed by atoms with Crippen LogP contribution in [-0.4, -0.2) is 16.9 Å². The van der Waals surface area contributed by atoms with Gasteiger partial charge < -0.3 is 5.11 Å². The van der Waals surface area contributed by atoms with Crippen LogP contribution < -0.4 is 0 Å². The molecule has 0 aliphatic carbocycles. The molecule has 0 radical (unpaired) electrons. The highest BCUT2D eigenvalue weighted by atomic mass is 16.4. The van der Waals surface area contributed by atoms with Gasteiger partial charge in [-0.25, -0.2) is 4.79 Å². The fourth-order valence-electron chi connectivity index (χ4n) is 2.49. The largest absolute Gasteiger partial charge is 0.478 e. The third-order valence-electron chi connectivity index (χ3n) is 3.93. The van der Waals surface area contributed by atoms with Crippen molar-refractivity contribution in [2.75, 3.05) is 0 Å². The van der Waals surface area contributed by atoms with Crippen LogP contribution in [0.4, 0.5) is 0 Å². The van der Waals surface area contributed by atoms with Crippen LogP contribution in [0.5, 0.6) is 0 Å². The zero-order valence-electron chi connectivity index (χ0n) is 13.2. The molecule has 1 N–H and O–H groups in total. The average Bonchev–Trinajstić information content (AvgIpc) is 2.62. The van der Waals surface area contributed by atoms with Crippen molar-refractivity contribution in [3.63, 3.8) is 0 Å². The Bertz CT molecular complexity index is 874. The van der Waals surface area contributed by atoms with E-state index in [1.165, 1.54) is 17.7 Å². The number of ketones is 1. The second-order valence-corrected chi connectivity index (χ2v) is 5.66. The van der Waals surface area contributed by atoms with Crippen molar-refractivity contribution < 1.29 is 14.7 Å². The molecule has 0 spiro atoms. The number of benzene rings is 3. The molecule has 0 unspecified atom stereocenters. The van der Waals surface area contributed by atoms with E-state index < -0.39 is 5.97 Å². The molecule has 3 aromatic rings. The fraction of sp³-hybridized carbons (Fsp3) is 0.0476. The number of hydrogen-bond acceptors (Lipinski definition) is 2. The molecule has 3 rings (SSSR count). The van der Waals surface area contributed by atoms with Gasteiger partial charge in [-0.1, -0.05) is 66.2 Å². The van der Waals surface area contributed by atoms with E-state index in [4.69, 9.17) is 5.11 Å². The first-order chi connectivity index (χ1) is 11.5. The molecule has 3 aromatic carbocycles. The van der Waals surface area contributed by atoms with Crippen LogP contribution in [0.3, 0.4) is 0 Å².